The molecule has 0 aromatic heterocycles. The van der Waals surface area contributed by atoms with Crippen molar-refractivity contribution in [2.75, 3.05) is 11.9 Å². The van der Waals surface area contributed by atoms with E-state index >= 15 is 0 Å². The molecule has 0 saturated heterocycles. The number of halogens is 1. The Bertz CT molecular complexity index is 516. The second kappa shape index (κ2) is 3.91. The highest BCUT2D eigenvalue weighted by Gasteiger charge is 2.34. The molecule has 6 heteroatoms. The largest absolute Gasteiger partial charge is 0.368 e. The van der Waals surface area contributed by atoms with Crippen LogP contribution in [0.5, 0.6) is 0 Å². The van der Waals surface area contributed by atoms with Gasteiger partial charge < -0.3 is 5.32 Å². The van der Waals surface area contributed by atoms with Crippen molar-refractivity contribution in [3.8, 4) is 0 Å². The third-order valence-electron chi connectivity index (χ3n) is 2.64. The van der Waals surface area contributed by atoms with Crippen molar-refractivity contribution >= 4 is 27.3 Å². The van der Waals surface area contributed by atoms with Crippen LogP contribution in [0, 0.1) is 0 Å². The lowest BCUT2D eigenvalue weighted by molar-refractivity contribution is 0.368. The van der Waals surface area contributed by atoms with Gasteiger partial charge in [-0.2, -0.15) is 4.31 Å². The number of nitrogens with zero attached hydrogens (tertiary/aromatic N) is 1. The second-order valence-electron chi connectivity index (χ2n) is 3.67. The van der Waals surface area contributed by atoms with Crippen LogP contribution in [0.15, 0.2) is 23.1 Å². The number of benzene rings is 1. The first-order chi connectivity index (χ1) is 7.46. The average molecular weight is 261 g/mol. The molecule has 1 aliphatic heterocycles. The van der Waals surface area contributed by atoms with E-state index in [2.05, 4.69) is 5.32 Å². The third-order valence-corrected chi connectivity index (χ3v) is 4.96. The Balaban J connectivity index is 2.64. The molecular weight excluding hydrogens is 248 g/mol. The van der Waals surface area contributed by atoms with E-state index in [9.17, 15) is 8.42 Å². The van der Waals surface area contributed by atoms with Crippen LogP contribution in [0.25, 0.3) is 0 Å². The summed E-state index contributed by atoms with van der Waals surface area (Å²) in [7, 11) is -3.42. The van der Waals surface area contributed by atoms with Gasteiger partial charge in [0.25, 0.3) is 0 Å². The quantitative estimate of drug-likeness (QED) is 0.842. The van der Waals surface area contributed by atoms with E-state index in [-0.39, 0.29) is 11.1 Å². The van der Waals surface area contributed by atoms with Crippen molar-refractivity contribution in [2.24, 2.45) is 0 Å². The number of rotatable bonds is 1. The Kier molecular flexibility index (Phi) is 2.86. The Labute approximate surface area is 100 Å². The zero-order chi connectivity index (χ0) is 11.9. The molecule has 1 aromatic carbocycles. The van der Waals surface area contributed by atoms with Gasteiger partial charge in [-0.1, -0.05) is 18.5 Å². The summed E-state index contributed by atoms with van der Waals surface area (Å²) < 4.78 is 25.9. The number of hydrogen-bond acceptors (Lipinski definition) is 3. The number of fused-ring (bicyclic) bond motifs is 1. The first-order valence-electron chi connectivity index (χ1n) is 5.04. The van der Waals surface area contributed by atoms with Crippen molar-refractivity contribution in [1.29, 1.82) is 0 Å². The van der Waals surface area contributed by atoms with Gasteiger partial charge in [0.05, 0.1) is 11.9 Å². The molecular formula is C10H13ClN2O2S. The maximum Gasteiger partial charge on any atom is 0.246 e. The molecule has 0 aliphatic carbocycles. The summed E-state index contributed by atoms with van der Waals surface area (Å²) in [5.41, 5.74) is 0.613. The maximum absolute atomic E-state index is 12.2. The highest BCUT2D eigenvalue weighted by Crippen LogP contribution is 2.33. The minimum absolute atomic E-state index is 0.233. The molecule has 1 unspecified atom stereocenters. The van der Waals surface area contributed by atoms with E-state index in [4.69, 9.17) is 11.6 Å². The van der Waals surface area contributed by atoms with Crippen LogP contribution in [0.1, 0.15) is 13.8 Å². The van der Waals surface area contributed by atoms with Crippen LogP contribution in [0.4, 0.5) is 5.69 Å². The van der Waals surface area contributed by atoms with Crippen LogP contribution in [-0.2, 0) is 10.0 Å². The number of sulfonamides is 1. The van der Waals surface area contributed by atoms with Crippen molar-refractivity contribution in [3.05, 3.63) is 23.2 Å². The zero-order valence-electron chi connectivity index (χ0n) is 9.07. The van der Waals surface area contributed by atoms with Gasteiger partial charge in [0.1, 0.15) is 4.90 Å². The van der Waals surface area contributed by atoms with Gasteiger partial charge in [0.2, 0.25) is 10.0 Å². The summed E-state index contributed by atoms with van der Waals surface area (Å²) in [5, 5.41) is 3.56. The summed E-state index contributed by atoms with van der Waals surface area (Å²) in [6.07, 6.45) is -0.233. The van der Waals surface area contributed by atoms with Crippen molar-refractivity contribution in [3.63, 3.8) is 0 Å². The fraction of sp³-hybridized carbons (Fsp3) is 0.400. The molecule has 0 spiro atoms. The lowest BCUT2D eigenvalue weighted by atomic mass is 10.3. The van der Waals surface area contributed by atoms with Crippen LogP contribution in [0.2, 0.25) is 5.02 Å². The first-order valence-corrected chi connectivity index (χ1v) is 6.86. The molecule has 1 heterocycles. The van der Waals surface area contributed by atoms with Gasteiger partial charge in [-0.25, -0.2) is 8.42 Å². The summed E-state index contributed by atoms with van der Waals surface area (Å²) in [4.78, 5) is 0.250. The van der Waals surface area contributed by atoms with Gasteiger partial charge in [-0.15, -0.1) is 0 Å². The van der Waals surface area contributed by atoms with Crippen molar-refractivity contribution in [2.45, 2.75) is 24.9 Å². The number of nitrogens with one attached hydrogen (secondary N) is 1. The maximum atomic E-state index is 12.2. The van der Waals surface area contributed by atoms with Gasteiger partial charge in [0.15, 0.2) is 0 Å². The fourth-order valence-corrected chi connectivity index (χ4v) is 3.88. The first kappa shape index (κ1) is 11.7. The molecule has 1 N–H and O–H groups in total. The predicted octanol–water partition coefficient (Wildman–Crippen LogP) is 2.12. The van der Waals surface area contributed by atoms with Crippen molar-refractivity contribution in [1.82, 2.24) is 4.31 Å². The van der Waals surface area contributed by atoms with E-state index in [1.54, 1.807) is 12.1 Å². The Morgan fingerprint density at radius 2 is 2.19 bits per heavy atom. The number of hydrogen-bond donors (Lipinski definition) is 1. The van der Waals surface area contributed by atoms with Crippen LogP contribution < -0.4 is 5.32 Å². The predicted molar refractivity (Wildman–Crippen MR) is 64.1 cm³/mol. The normalized spacial score (nSPS) is 23.6. The molecule has 1 atom stereocenters. The van der Waals surface area contributed by atoms with E-state index in [0.717, 1.165) is 0 Å². The summed E-state index contributed by atoms with van der Waals surface area (Å²) in [6, 6.07) is 4.85. The van der Waals surface area contributed by atoms with Gasteiger partial charge in [-0.05, 0) is 25.1 Å². The lowest BCUT2D eigenvalue weighted by Gasteiger charge is -2.34. The smallest absolute Gasteiger partial charge is 0.246 e. The summed E-state index contributed by atoms with van der Waals surface area (Å²) in [5.74, 6) is 0. The molecule has 0 saturated carbocycles. The molecule has 0 bridgehead atoms. The van der Waals surface area contributed by atoms with Crippen LogP contribution >= 0.6 is 11.6 Å². The monoisotopic (exact) mass is 260 g/mol. The Morgan fingerprint density at radius 1 is 1.50 bits per heavy atom. The van der Waals surface area contributed by atoms with Gasteiger partial charge in [-0.3, -0.25) is 0 Å². The molecule has 1 aromatic rings. The topological polar surface area (TPSA) is 49.4 Å². The van der Waals surface area contributed by atoms with E-state index in [1.807, 2.05) is 13.8 Å². The third kappa shape index (κ3) is 1.69. The highest BCUT2D eigenvalue weighted by molar-refractivity contribution is 7.89. The van der Waals surface area contributed by atoms with E-state index in [0.29, 0.717) is 17.3 Å². The zero-order valence-corrected chi connectivity index (χ0v) is 10.6. The Hall–Kier alpha value is -0.780. The Morgan fingerprint density at radius 3 is 2.81 bits per heavy atom. The molecule has 1 aliphatic rings. The van der Waals surface area contributed by atoms with E-state index < -0.39 is 10.0 Å². The molecule has 0 fully saturated rings. The van der Waals surface area contributed by atoms with Gasteiger partial charge in [0, 0.05) is 11.6 Å². The highest BCUT2D eigenvalue weighted by atomic mass is 35.5. The summed E-state index contributed by atoms with van der Waals surface area (Å²) in [6.45, 7) is 4.06. The molecule has 88 valence electrons. The fourth-order valence-electron chi connectivity index (χ4n) is 1.90. The molecule has 2 rings (SSSR count). The minimum Gasteiger partial charge on any atom is -0.368 e. The van der Waals surface area contributed by atoms with Crippen LogP contribution in [0.3, 0.4) is 0 Å². The van der Waals surface area contributed by atoms with Gasteiger partial charge >= 0.3 is 0 Å². The van der Waals surface area contributed by atoms with E-state index in [1.165, 1.54) is 10.4 Å². The van der Waals surface area contributed by atoms with Crippen molar-refractivity contribution < 1.29 is 8.42 Å². The molecule has 0 radical (unpaired) electrons. The summed E-state index contributed by atoms with van der Waals surface area (Å²) >= 11 is 5.82. The average Bonchev–Trinajstić information content (AvgIpc) is 2.19. The molecule has 4 nitrogen and oxygen atoms in total. The SMILES string of the molecule is CCN1C(C)Nc2ccc(Cl)cc2S1(=O)=O. The van der Waals surface area contributed by atoms with Crippen LogP contribution in [-0.4, -0.2) is 25.4 Å². The standard InChI is InChI=1S/C10H13ClN2O2S/c1-3-13-7(2)12-9-5-4-8(11)6-10(9)16(13,14)15/h4-7,12H,3H2,1-2H3. The second-order valence-corrected chi connectivity index (χ2v) is 5.96. The minimum atomic E-state index is -3.42. The molecule has 0 amide bonds. The number of anilines is 1. The molecule has 16 heavy (non-hydrogen) atoms. The lowest BCUT2D eigenvalue weighted by Crippen LogP contribution is -2.46.